The molecule has 2 aliphatic rings. The van der Waals surface area contributed by atoms with Crippen molar-refractivity contribution in [1.29, 1.82) is 0 Å². The summed E-state index contributed by atoms with van der Waals surface area (Å²) in [4.78, 5) is 12.5. The normalized spacial score (nSPS) is 27.1. The number of ether oxygens (including phenoxy) is 4. The Bertz CT molecular complexity index is 1250. The summed E-state index contributed by atoms with van der Waals surface area (Å²) in [5.74, 6) is -0.308. The van der Waals surface area contributed by atoms with Gasteiger partial charge in [-0.15, -0.1) is 0 Å². The molecule has 12 unspecified atom stereocenters. The minimum absolute atomic E-state index is 0.220. The highest BCUT2D eigenvalue weighted by Gasteiger charge is 2.51. The maximum absolute atomic E-state index is 12.5. The number of hydrogen-bond donors (Lipinski definition) is 9. The van der Waals surface area contributed by atoms with Crippen LogP contribution in [0.5, 0.6) is 0 Å². The number of carbonyl (C=O) groups excluding carboxylic acids is 1. The summed E-state index contributed by atoms with van der Waals surface area (Å²) in [7, 11) is 0. The van der Waals surface area contributed by atoms with Gasteiger partial charge in [-0.1, -0.05) is 179 Å². The van der Waals surface area contributed by atoms with Crippen LogP contribution in [0, 0.1) is 0 Å². The predicted octanol–water partition coefficient (Wildman–Crippen LogP) is 7.10. The monoisotopic (exact) mass is 942 g/mol. The van der Waals surface area contributed by atoms with Crippen LogP contribution in [-0.2, 0) is 23.7 Å². The zero-order valence-electron chi connectivity index (χ0n) is 40.9. The summed E-state index contributed by atoms with van der Waals surface area (Å²) in [5, 5.41) is 85.7. The van der Waals surface area contributed by atoms with Crippen molar-refractivity contribution in [2.75, 3.05) is 19.8 Å². The Morgan fingerprint density at radius 3 is 1.45 bits per heavy atom. The number of allylic oxidation sites excluding steroid dienone is 5. The first-order valence-corrected chi connectivity index (χ1v) is 26.2. The molecule has 14 heteroatoms. The third-order valence-corrected chi connectivity index (χ3v) is 12.8. The lowest BCUT2D eigenvalue weighted by molar-refractivity contribution is -0.359. The summed E-state index contributed by atoms with van der Waals surface area (Å²) in [5.41, 5.74) is 0. The predicted molar refractivity (Wildman–Crippen MR) is 258 cm³/mol. The molecule has 66 heavy (non-hydrogen) atoms. The van der Waals surface area contributed by atoms with E-state index in [9.17, 15) is 45.6 Å². The van der Waals surface area contributed by atoms with E-state index in [-0.39, 0.29) is 18.9 Å². The molecule has 0 bridgehead atoms. The number of amides is 1. The van der Waals surface area contributed by atoms with Crippen molar-refractivity contribution in [2.24, 2.45) is 0 Å². The Morgan fingerprint density at radius 1 is 0.530 bits per heavy atom. The van der Waals surface area contributed by atoms with E-state index in [1.54, 1.807) is 6.08 Å². The van der Waals surface area contributed by atoms with Crippen LogP contribution in [-0.4, -0.2) is 140 Å². The van der Waals surface area contributed by atoms with E-state index in [0.29, 0.717) is 12.8 Å². The first-order valence-electron chi connectivity index (χ1n) is 26.2. The largest absolute Gasteiger partial charge is 0.394 e. The molecule has 14 nitrogen and oxygen atoms in total. The molecule has 12 atom stereocenters. The standard InChI is InChI=1S/C52H95NO13/c1-3-5-6-7-8-9-10-11-12-13-14-15-16-17-18-19-20-21-22-23-24-25-26-27-28-29-30-31-32-33-34-36-41(56)40(53-44(57)35-4-2)39-63-51-49(62)47(60)50(43(38-55)65-51)66-52-48(61)46(59)45(58)42(37-54)64-52/h26-27,30-31,34,36,40-43,45-52,54-56,58-62H,3-25,28-29,32-33,35,37-39H2,1-2H3,(H,53,57)/b27-26+,31-30+,36-34+. The number of nitrogens with one attached hydrogen (secondary N) is 1. The lowest BCUT2D eigenvalue weighted by Crippen LogP contribution is -2.65. The highest BCUT2D eigenvalue weighted by molar-refractivity contribution is 5.76. The van der Waals surface area contributed by atoms with Crippen molar-refractivity contribution < 1.29 is 64.6 Å². The molecule has 1 amide bonds. The number of aliphatic hydroxyl groups excluding tert-OH is 8. The van der Waals surface area contributed by atoms with E-state index in [2.05, 4.69) is 36.5 Å². The topological polar surface area (TPSA) is 228 Å². The van der Waals surface area contributed by atoms with E-state index in [0.717, 1.165) is 25.7 Å². The van der Waals surface area contributed by atoms with Crippen LogP contribution in [0.15, 0.2) is 36.5 Å². The Hall–Kier alpha value is -1.79. The fourth-order valence-electron chi connectivity index (χ4n) is 8.54. The summed E-state index contributed by atoms with van der Waals surface area (Å²) in [6, 6.07) is -0.931. The average molecular weight is 942 g/mol. The van der Waals surface area contributed by atoms with Crippen LogP contribution in [0.2, 0.25) is 0 Å². The molecule has 0 radical (unpaired) electrons. The molecule has 0 aromatic rings. The fraction of sp³-hybridized carbons (Fsp3) is 0.865. The second-order valence-electron chi connectivity index (χ2n) is 18.6. The quantitative estimate of drug-likeness (QED) is 0.0221. The number of aliphatic hydroxyl groups is 8. The van der Waals surface area contributed by atoms with Crippen molar-refractivity contribution >= 4 is 5.91 Å². The third kappa shape index (κ3) is 25.7. The first kappa shape index (κ1) is 60.3. The Balaban J connectivity index is 1.56. The van der Waals surface area contributed by atoms with Gasteiger partial charge in [0.2, 0.25) is 5.91 Å². The van der Waals surface area contributed by atoms with Crippen molar-refractivity contribution in [3.05, 3.63) is 36.5 Å². The highest BCUT2D eigenvalue weighted by atomic mass is 16.7. The maximum atomic E-state index is 12.5. The van der Waals surface area contributed by atoms with Gasteiger partial charge in [0.25, 0.3) is 0 Å². The van der Waals surface area contributed by atoms with Gasteiger partial charge in [0.1, 0.15) is 48.8 Å². The molecule has 2 saturated heterocycles. The van der Waals surface area contributed by atoms with Crippen molar-refractivity contribution in [1.82, 2.24) is 5.32 Å². The molecule has 386 valence electrons. The molecule has 2 aliphatic heterocycles. The van der Waals surface area contributed by atoms with Gasteiger partial charge in [-0.3, -0.25) is 4.79 Å². The number of hydrogen-bond acceptors (Lipinski definition) is 13. The first-order chi connectivity index (χ1) is 32.1. The van der Waals surface area contributed by atoms with Crippen LogP contribution in [0.1, 0.15) is 194 Å². The van der Waals surface area contributed by atoms with Crippen LogP contribution >= 0.6 is 0 Å². The Morgan fingerprint density at radius 2 is 0.970 bits per heavy atom. The van der Waals surface area contributed by atoms with Gasteiger partial charge < -0.3 is 65.1 Å². The van der Waals surface area contributed by atoms with Crippen molar-refractivity contribution in [3.63, 3.8) is 0 Å². The van der Waals surface area contributed by atoms with Crippen LogP contribution in [0.3, 0.4) is 0 Å². The Labute approximate surface area is 398 Å². The third-order valence-electron chi connectivity index (χ3n) is 12.8. The second-order valence-corrected chi connectivity index (χ2v) is 18.6. The molecule has 0 aliphatic carbocycles. The van der Waals surface area contributed by atoms with E-state index >= 15 is 0 Å². The fourth-order valence-corrected chi connectivity index (χ4v) is 8.54. The SMILES string of the molecule is CCCCCCCCCCCCCCCCCCCCCCC/C=C/CC/C=C/CC/C=C/C(O)C(COC1OC(CO)C(OC2OC(CO)C(O)C(O)C2O)C(O)C1O)NC(=O)CCC. The van der Waals surface area contributed by atoms with E-state index in [4.69, 9.17) is 18.9 Å². The average Bonchev–Trinajstić information content (AvgIpc) is 3.31. The molecule has 2 rings (SSSR count). The minimum Gasteiger partial charge on any atom is -0.394 e. The molecule has 0 aromatic heterocycles. The van der Waals surface area contributed by atoms with Gasteiger partial charge in [0, 0.05) is 6.42 Å². The Kier molecular flexibility index (Phi) is 35.6. The van der Waals surface area contributed by atoms with Gasteiger partial charge >= 0.3 is 0 Å². The summed E-state index contributed by atoms with van der Waals surface area (Å²) in [6.45, 7) is 2.38. The van der Waals surface area contributed by atoms with Gasteiger partial charge in [0.05, 0.1) is 32.0 Å². The zero-order valence-corrected chi connectivity index (χ0v) is 40.9. The number of rotatable bonds is 40. The molecular weight excluding hydrogens is 847 g/mol. The smallest absolute Gasteiger partial charge is 0.220 e. The molecule has 2 heterocycles. The van der Waals surface area contributed by atoms with Gasteiger partial charge in [0.15, 0.2) is 12.6 Å². The summed E-state index contributed by atoms with van der Waals surface area (Å²) < 4.78 is 22.4. The molecule has 0 aromatic carbocycles. The second kappa shape index (κ2) is 39.0. The lowest BCUT2D eigenvalue weighted by atomic mass is 9.97. The van der Waals surface area contributed by atoms with Crippen LogP contribution in [0.25, 0.3) is 0 Å². The maximum Gasteiger partial charge on any atom is 0.220 e. The minimum atomic E-state index is -1.79. The van der Waals surface area contributed by atoms with Crippen molar-refractivity contribution in [3.8, 4) is 0 Å². The van der Waals surface area contributed by atoms with Crippen LogP contribution < -0.4 is 5.32 Å². The highest BCUT2D eigenvalue weighted by Crippen LogP contribution is 2.30. The lowest BCUT2D eigenvalue weighted by Gasteiger charge is -2.46. The summed E-state index contributed by atoms with van der Waals surface area (Å²) in [6.07, 6.45) is 30.0. The zero-order chi connectivity index (χ0) is 48.2. The number of unbranched alkanes of at least 4 members (excludes halogenated alkanes) is 23. The molecular formula is C52H95NO13. The molecule has 0 saturated carbocycles. The van der Waals surface area contributed by atoms with Crippen LogP contribution in [0.4, 0.5) is 0 Å². The van der Waals surface area contributed by atoms with E-state index < -0.39 is 86.8 Å². The molecule has 0 spiro atoms. The molecule has 2 fully saturated rings. The molecule has 9 N–H and O–H groups in total. The van der Waals surface area contributed by atoms with Crippen molar-refractivity contribution in [2.45, 2.75) is 267 Å². The number of carbonyl (C=O) groups is 1. The summed E-state index contributed by atoms with van der Waals surface area (Å²) >= 11 is 0. The van der Waals surface area contributed by atoms with Gasteiger partial charge in [-0.2, -0.15) is 0 Å². The van der Waals surface area contributed by atoms with E-state index in [1.165, 1.54) is 135 Å². The van der Waals surface area contributed by atoms with Gasteiger partial charge in [-0.25, -0.2) is 0 Å². The van der Waals surface area contributed by atoms with Gasteiger partial charge in [-0.05, 0) is 44.9 Å². The van der Waals surface area contributed by atoms with E-state index in [1.807, 2.05) is 13.0 Å².